The molecular weight excluding hydrogens is 294 g/mol. The summed E-state index contributed by atoms with van der Waals surface area (Å²) in [7, 11) is 0. The van der Waals surface area contributed by atoms with Gasteiger partial charge in [-0.25, -0.2) is 8.78 Å². The van der Waals surface area contributed by atoms with E-state index in [1.165, 1.54) is 18.3 Å². The van der Waals surface area contributed by atoms with Crippen molar-refractivity contribution in [2.24, 2.45) is 5.92 Å². The SMILES string of the molecule is CC(C)C(C)(O)CNC(=O)c1ccc2nnc(C(F)F)n2c1. The average Bonchev–Trinajstić information content (AvgIpc) is 2.87. The quantitative estimate of drug-likeness (QED) is 0.882. The maximum atomic E-state index is 12.8. The van der Waals surface area contributed by atoms with Crippen LogP contribution in [0.2, 0.25) is 0 Å². The zero-order valence-corrected chi connectivity index (χ0v) is 12.5. The van der Waals surface area contributed by atoms with Crippen LogP contribution in [0.4, 0.5) is 8.78 Å². The molecule has 8 heteroatoms. The average molecular weight is 312 g/mol. The molecule has 0 fully saturated rings. The van der Waals surface area contributed by atoms with Crippen LogP contribution >= 0.6 is 0 Å². The van der Waals surface area contributed by atoms with Crippen molar-refractivity contribution < 1.29 is 18.7 Å². The monoisotopic (exact) mass is 312 g/mol. The Morgan fingerprint density at radius 1 is 1.41 bits per heavy atom. The molecule has 0 aliphatic rings. The number of halogens is 2. The van der Waals surface area contributed by atoms with E-state index in [1.54, 1.807) is 6.92 Å². The van der Waals surface area contributed by atoms with E-state index < -0.39 is 23.8 Å². The number of rotatable bonds is 5. The Balaban J connectivity index is 2.20. The Hall–Kier alpha value is -2.09. The van der Waals surface area contributed by atoms with Crippen molar-refractivity contribution in [3.05, 3.63) is 29.7 Å². The first-order chi connectivity index (χ1) is 10.2. The summed E-state index contributed by atoms with van der Waals surface area (Å²) in [6, 6.07) is 2.91. The second-order valence-electron chi connectivity index (χ2n) is 5.70. The summed E-state index contributed by atoms with van der Waals surface area (Å²) < 4.78 is 26.7. The first-order valence-electron chi connectivity index (χ1n) is 6.86. The van der Waals surface area contributed by atoms with E-state index in [1.807, 2.05) is 13.8 Å². The van der Waals surface area contributed by atoms with Gasteiger partial charge < -0.3 is 10.4 Å². The first-order valence-corrected chi connectivity index (χ1v) is 6.86. The molecule has 2 heterocycles. The molecule has 2 aromatic rings. The number of hydrogen-bond acceptors (Lipinski definition) is 4. The molecular formula is C14H18F2N4O2. The molecule has 0 bridgehead atoms. The number of carbonyl (C=O) groups is 1. The lowest BCUT2D eigenvalue weighted by atomic mass is 9.92. The fraction of sp³-hybridized carbons (Fsp3) is 0.500. The van der Waals surface area contributed by atoms with Gasteiger partial charge in [0.2, 0.25) is 5.82 Å². The number of nitrogens with one attached hydrogen (secondary N) is 1. The van der Waals surface area contributed by atoms with Crippen molar-refractivity contribution in [1.29, 1.82) is 0 Å². The van der Waals surface area contributed by atoms with Gasteiger partial charge in [-0.2, -0.15) is 0 Å². The number of aromatic nitrogens is 3. The molecule has 2 N–H and O–H groups in total. The number of nitrogens with zero attached hydrogens (tertiary/aromatic N) is 3. The van der Waals surface area contributed by atoms with Gasteiger partial charge >= 0.3 is 0 Å². The van der Waals surface area contributed by atoms with Gasteiger partial charge in [-0.15, -0.1) is 10.2 Å². The summed E-state index contributed by atoms with van der Waals surface area (Å²) in [6.07, 6.45) is -1.52. The predicted octanol–water partition coefficient (Wildman–Crippen LogP) is 1.80. The van der Waals surface area contributed by atoms with Crippen LogP contribution in [0.1, 0.15) is 43.4 Å². The van der Waals surface area contributed by atoms with Gasteiger partial charge in [-0.1, -0.05) is 13.8 Å². The van der Waals surface area contributed by atoms with Crippen LogP contribution in [0.25, 0.3) is 5.65 Å². The lowest BCUT2D eigenvalue weighted by Gasteiger charge is -2.27. The van der Waals surface area contributed by atoms with Crippen LogP contribution in [0.5, 0.6) is 0 Å². The molecule has 0 spiro atoms. The van der Waals surface area contributed by atoms with E-state index >= 15 is 0 Å². The third kappa shape index (κ3) is 3.22. The maximum Gasteiger partial charge on any atom is 0.297 e. The summed E-state index contributed by atoms with van der Waals surface area (Å²) in [6.45, 7) is 5.36. The lowest BCUT2D eigenvalue weighted by Crippen LogP contribution is -2.44. The molecule has 1 unspecified atom stereocenters. The third-order valence-electron chi connectivity index (χ3n) is 3.74. The van der Waals surface area contributed by atoms with Crippen molar-refractivity contribution in [2.45, 2.75) is 32.8 Å². The largest absolute Gasteiger partial charge is 0.388 e. The molecule has 120 valence electrons. The summed E-state index contributed by atoms with van der Waals surface area (Å²) in [5.74, 6) is -1.02. The molecule has 2 aromatic heterocycles. The van der Waals surface area contributed by atoms with Gasteiger partial charge in [0.15, 0.2) is 5.65 Å². The van der Waals surface area contributed by atoms with Gasteiger partial charge in [-0.05, 0) is 25.0 Å². The van der Waals surface area contributed by atoms with E-state index in [0.717, 1.165) is 4.40 Å². The fourth-order valence-electron chi connectivity index (χ4n) is 1.76. The first kappa shape index (κ1) is 16.3. The molecule has 0 aliphatic carbocycles. The minimum atomic E-state index is -2.78. The molecule has 0 aliphatic heterocycles. The van der Waals surface area contributed by atoms with E-state index in [9.17, 15) is 18.7 Å². The van der Waals surface area contributed by atoms with Crippen LogP contribution in [-0.2, 0) is 0 Å². The van der Waals surface area contributed by atoms with Crippen LogP contribution in [0, 0.1) is 5.92 Å². The second-order valence-corrected chi connectivity index (χ2v) is 5.70. The van der Waals surface area contributed by atoms with Gasteiger partial charge in [0.25, 0.3) is 12.3 Å². The lowest BCUT2D eigenvalue weighted by molar-refractivity contribution is 0.0142. The summed E-state index contributed by atoms with van der Waals surface area (Å²) in [4.78, 5) is 12.1. The fourth-order valence-corrected chi connectivity index (χ4v) is 1.76. The van der Waals surface area contributed by atoms with Crippen molar-refractivity contribution in [1.82, 2.24) is 19.9 Å². The van der Waals surface area contributed by atoms with Gasteiger partial charge in [0.05, 0.1) is 11.2 Å². The summed E-state index contributed by atoms with van der Waals surface area (Å²) in [5, 5.41) is 19.7. The highest BCUT2D eigenvalue weighted by Crippen LogP contribution is 2.18. The smallest absolute Gasteiger partial charge is 0.297 e. The topological polar surface area (TPSA) is 79.5 Å². The number of fused-ring (bicyclic) bond motifs is 1. The zero-order chi connectivity index (χ0) is 16.5. The van der Waals surface area contributed by atoms with Crippen LogP contribution in [-0.4, -0.2) is 37.8 Å². The van der Waals surface area contributed by atoms with E-state index in [0.29, 0.717) is 0 Å². The molecule has 2 rings (SSSR count). The highest BCUT2D eigenvalue weighted by atomic mass is 19.3. The Bertz CT molecular complexity index is 683. The van der Waals surface area contributed by atoms with Crippen LogP contribution < -0.4 is 5.32 Å². The number of alkyl halides is 2. The number of aliphatic hydroxyl groups is 1. The zero-order valence-electron chi connectivity index (χ0n) is 12.5. The van der Waals surface area contributed by atoms with Crippen molar-refractivity contribution in [2.75, 3.05) is 6.54 Å². The van der Waals surface area contributed by atoms with Crippen LogP contribution in [0.3, 0.4) is 0 Å². The summed E-state index contributed by atoms with van der Waals surface area (Å²) in [5.41, 5.74) is -0.625. The van der Waals surface area contributed by atoms with Gasteiger partial charge in [-0.3, -0.25) is 9.20 Å². The minimum Gasteiger partial charge on any atom is -0.388 e. The highest BCUT2D eigenvalue weighted by molar-refractivity contribution is 5.94. The Kier molecular flexibility index (Phi) is 4.41. The number of carbonyl (C=O) groups excluding carboxylic acids is 1. The number of pyridine rings is 1. The maximum absolute atomic E-state index is 12.8. The standard InChI is InChI=1S/C14H18F2N4O2/c1-8(2)14(3,22)7-17-13(21)9-4-5-10-18-19-12(11(15)16)20(10)6-9/h4-6,8,11,22H,7H2,1-3H3,(H,17,21). The van der Waals surface area contributed by atoms with Crippen molar-refractivity contribution in [3.8, 4) is 0 Å². The summed E-state index contributed by atoms with van der Waals surface area (Å²) >= 11 is 0. The molecule has 0 saturated carbocycles. The molecule has 22 heavy (non-hydrogen) atoms. The molecule has 0 aromatic carbocycles. The van der Waals surface area contributed by atoms with Gasteiger partial charge in [0.1, 0.15) is 0 Å². The molecule has 0 saturated heterocycles. The van der Waals surface area contributed by atoms with E-state index in [-0.39, 0.29) is 23.7 Å². The molecule has 6 nitrogen and oxygen atoms in total. The molecule has 0 radical (unpaired) electrons. The van der Waals surface area contributed by atoms with Crippen LogP contribution in [0.15, 0.2) is 18.3 Å². The molecule has 1 atom stereocenters. The second kappa shape index (κ2) is 5.96. The minimum absolute atomic E-state index is 0.0430. The highest BCUT2D eigenvalue weighted by Gasteiger charge is 2.25. The van der Waals surface area contributed by atoms with Crippen molar-refractivity contribution in [3.63, 3.8) is 0 Å². The Labute approximate surface area is 126 Å². The van der Waals surface area contributed by atoms with E-state index in [4.69, 9.17) is 0 Å². The normalized spacial score (nSPS) is 14.5. The Morgan fingerprint density at radius 3 is 2.68 bits per heavy atom. The Morgan fingerprint density at radius 2 is 2.09 bits per heavy atom. The third-order valence-corrected chi connectivity index (χ3v) is 3.74. The number of amides is 1. The van der Waals surface area contributed by atoms with Gasteiger partial charge in [0, 0.05) is 12.7 Å². The predicted molar refractivity (Wildman–Crippen MR) is 75.7 cm³/mol. The molecule has 1 amide bonds. The van der Waals surface area contributed by atoms with E-state index in [2.05, 4.69) is 15.5 Å². The number of hydrogen-bond donors (Lipinski definition) is 2. The van der Waals surface area contributed by atoms with Crippen molar-refractivity contribution >= 4 is 11.6 Å².